The predicted octanol–water partition coefficient (Wildman–Crippen LogP) is 2.05. The van der Waals surface area contributed by atoms with Crippen LogP contribution in [0.15, 0.2) is 6.20 Å². The van der Waals surface area contributed by atoms with Crippen molar-refractivity contribution in [2.24, 2.45) is 5.92 Å². The number of hydrogen-bond donors (Lipinski definition) is 1. The summed E-state index contributed by atoms with van der Waals surface area (Å²) < 4.78 is 0. The molecule has 1 aliphatic rings. The first-order valence-electron chi connectivity index (χ1n) is 6.66. The van der Waals surface area contributed by atoms with Gasteiger partial charge in [0.2, 0.25) is 11.8 Å². The van der Waals surface area contributed by atoms with Crippen LogP contribution in [0.4, 0.5) is 17.5 Å². The second kappa shape index (κ2) is 5.81. The fourth-order valence-electron chi connectivity index (χ4n) is 1.95. The lowest BCUT2D eigenvalue weighted by Crippen LogP contribution is -2.27. The lowest BCUT2D eigenvalue weighted by atomic mass is 10.3. The Morgan fingerprint density at radius 1 is 1.53 bits per heavy atom. The Morgan fingerprint density at radius 3 is 2.79 bits per heavy atom. The van der Waals surface area contributed by atoms with Crippen LogP contribution in [0.3, 0.4) is 0 Å². The molecule has 0 bridgehead atoms. The van der Waals surface area contributed by atoms with Crippen molar-refractivity contribution >= 4 is 17.5 Å². The van der Waals surface area contributed by atoms with Gasteiger partial charge in [-0.05, 0) is 32.6 Å². The Labute approximate surface area is 112 Å². The summed E-state index contributed by atoms with van der Waals surface area (Å²) in [7, 11) is 0. The van der Waals surface area contributed by atoms with Crippen LogP contribution in [0.1, 0.15) is 26.7 Å². The van der Waals surface area contributed by atoms with E-state index in [0.717, 1.165) is 6.54 Å². The standard InChI is InChI=1S/C12H19N5O2/c1-3-13-12-14-7-10(17(18)19)11(15-12)16(4-2)8-9-5-6-9/h7,9H,3-6,8H2,1-2H3,(H,13,14,15). The van der Waals surface area contributed by atoms with Crippen LogP contribution in [0.2, 0.25) is 0 Å². The number of rotatable bonds is 7. The van der Waals surface area contributed by atoms with Gasteiger partial charge in [-0.1, -0.05) is 0 Å². The maximum atomic E-state index is 11.1. The van der Waals surface area contributed by atoms with Crippen LogP contribution in [-0.4, -0.2) is 34.5 Å². The Morgan fingerprint density at radius 2 is 2.26 bits per heavy atom. The van der Waals surface area contributed by atoms with Gasteiger partial charge in [-0.2, -0.15) is 4.98 Å². The third-order valence-electron chi connectivity index (χ3n) is 3.14. The van der Waals surface area contributed by atoms with Crippen molar-refractivity contribution < 1.29 is 4.92 Å². The zero-order valence-electron chi connectivity index (χ0n) is 11.3. The Balaban J connectivity index is 2.30. The van der Waals surface area contributed by atoms with E-state index in [-0.39, 0.29) is 5.69 Å². The van der Waals surface area contributed by atoms with Crippen LogP contribution >= 0.6 is 0 Å². The van der Waals surface area contributed by atoms with E-state index in [1.54, 1.807) is 0 Å². The molecule has 0 aliphatic heterocycles. The molecular formula is C12H19N5O2. The maximum absolute atomic E-state index is 11.1. The van der Waals surface area contributed by atoms with Gasteiger partial charge in [0.15, 0.2) is 0 Å². The van der Waals surface area contributed by atoms with Gasteiger partial charge in [-0.15, -0.1) is 0 Å². The third kappa shape index (κ3) is 3.30. The van der Waals surface area contributed by atoms with Gasteiger partial charge in [0.1, 0.15) is 6.20 Å². The van der Waals surface area contributed by atoms with Crippen molar-refractivity contribution in [2.75, 3.05) is 29.9 Å². The first-order valence-corrected chi connectivity index (χ1v) is 6.66. The van der Waals surface area contributed by atoms with Gasteiger partial charge >= 0.3 is 5.69 Å². The average molecular weight is 265 g/mol. The molecule has 0 radical (unpaired) electrons. The molecule has 0 amide bonds. The van der Waals surface area contributed by atoms with Gasteiger partial charge in [0.25, 0.3) is 0 Å². The number of hydrogen-bond acceptors (Lipinski definition) is 6. The smallest absolute Gasteiger partial charge is 0.329 e. The van der Waals surface area contributed by atoms with Crippen molar-refractivity contribution in [3.05, 3.63) is 16.3 Å². The molecule has 0 atom stereocenters. The molecule has 19 heavy (non-hydrogen) atoms. The molecule has 104 valence electrons. The monoisotopic (exact) mass is 265 g/mol. The highest BCUT2D eigenvalue weighted by Crippen LogP contribution is 2.33. The molecule has 1 aliphatic carbocycles. The van der Waals surface area contributed by atoms with Gasteiger partial charge in [0, 0.05) is 19.6 Å². The van der Waals surface area contributed by atoms with E-state index in [2.05, 4.69) is 15.3 Å². The molecule has 0 spiro atoms. The quantitative estimate of drug-likeness (QED) is 0.600. The first-order chi connectivity index (χ1) is 9.15. The Hall–Kier alpha value is -1.92. The molecule has 1 saturated carbocycles. The van der Waals surface area contributed by atoms with E-state index in [4.69, 9.17) is 0 Å². The van der Waals surface area contributed by atoms with E-state index in [1.807, 2.05) is 18.7 Å². The topological polar surface area (TPSA) is 84.2 Å². The lowest BCUT2D eigenvalue weighted by molar-refractivity contribution is -0.384. The summed E-state index contributed by atoms with van der Waals surface area (Å²) in [5, 5.41) is 14.1. The van der Waals surface area contributed by atoms with Crippen molar-refractivity contribution in [1.29, 1.82) is 0 Å². The Kier molecular flexibility index (Phi) is 4.13. The molecule has 1 heterocycles. The van der Waals surface area contributed by atoms with Crippen LogP contribution in [0.25, 0.3) is 0 Å². The molecule has 1 fully saturated rings. The zero-order chi connectivity index (χ0) is 13.8. The molecule has 2 rings (SSSR count). The number of nitro groups is 1. The molecule has 0 unspecified atom stereocenters. The predicted molar refractivity (Wildman–Crippen MR) is 73.5 cm³/mol. The third-order valence-corrected chi connectivity index (χ3v) is 3.14. The summed E-state index contributed by atoms with van der Waals surface area (Å²) in [6.45, 7) is 6.15. The lowest BCUT2D eigenvalue weighted by Gasteiger charge is -2.21. The molecule has 1 aromatic rings. The first kappa shape index (κ1) is 13.5. The fourth-order valence-corrected chi connectivity index (χ4v) is 1.95. The van der Waals surface area contributed by atoms with Gasteiger partial charge < -0.3 is 10.2 Å². The van der Waals surface area contributed by atoms with Crippen LogP contribution in [-0.2, 0) is 0 Å². The number of nitrogens with one attached hydrogen (secondary N) is 1. The van der Waals surface area contributed by atoms with Crippen molar-refractivity contribution in [3.8, 4) is 0 Å². The summed E-state index contributed by atoms with van der Waals surface area (Å²) in [4.78, 5) is 20.9. The summed E-state index contributed by atoms with van der Waals surface area (Å²) in [5.74, 6) is 1.51. The largest absolute Gasteiger partial charge is 0.354 e. The van der Waals surface area contributed by atoms with Gasteiger partial charge in [0.05, 0.1) is 4.92 Å². The fraction of sp³-hybridized carbons (Fsp3) is 0.667. The van der Waals surface area contributed by atoms with E-state index in [0.29, 0.717) is 30.8 Å². The van der Waals surface area contributed by atoms with Crippen LogP contribution < -0.4 is 10.2 Å². The molecule has 1 aromatic heterocycles. The van der Waals surface area contributed by atoms with Gasteiger partial charge in [-0.3, -0.25) is 10.1 Å². The summed E-state index contributed by atoms with van der Waals surface area (Å²) in [5.41, 5.74) is -0.0239. The highest BCUT2D eigenvalue weighted by atomic mass is 16.6. The molecule has 7 heteroatoms. The van der Waals surface area contributed by atoms with E-state index in [1.165, 1.54) is 19.0 Å². The zero-order valence-corrected chi connectivity index (χ0v) is 11.3. The van der Waals surface area contributed by atoms with E-state index < -0.39 is 4.92 Å². The Bertz CT molecular complexity index is 461. The maximum Gasteiger partial charge on any atom is 0.329 e. The number of anilines is 2. The normalized spacial score (nSPS) is 14.2. The van der Waals surface area contributed by atoms with Crippen LogP contribution in [0, 0.1) is 16.0 Å². The second-order valence-electron chi connectivity index (χ2n) is 4.67. The molecule has 0 saturated heterocycles. The number of aromatic nitrogens is 2. The molecule has 1 N–H and O–H groups in total. The van der Waals surface area contributed by atoms with Crippen molar-refractivity contribution in [3.63, 3.8) is 0 Å². The molecule has 7 nitrogen and oxygen atoms in total. The SMILES string of the molecule is CCNc1ncc([N+](=O)[O-])c(N(CC)CC2CC2)n1. The van der Waals surface area contributed by atoms with Crippen molar-refractivity contribution in [1.82, 2.24) is 9.97 Å². The summed E-state index contributed by atoms with van der Waals surface area (Å²) >= 11 is 0. The molecular weight excluding hydrogens is 246 g/mol. The minimum atomic E-state index is -0.416. The minimum Gasteiger partial charge on any atom is -0.354 e. The van der Waals surface area contributed by atoms with E-state index >= 15 is 0 Å². The highest BCUT2D eigenvalue weighted by molar-refractivity contribution is 5.59. The van der Waals surface area contributed by atoms with E-state index in [9.17, 15) is 10.1 Å². The van der Waals surface area contributed by atoms with Gasteiger partial charge in [-0.25, -0.2) is 4.98 Å². The minimum absolute atomic E-state index is 0.0239. The highest BCUT2D eigenvalue weighted by Gasteiger charge is 2.28. The second-order valence-corrected chi connectivity index (χ2v) is 4.67. The number of nitrogens with zero attached hydrogens (tertiary/aromatic N) is 4. The summed E-state index contributed by atoms with van der Waals surface area (Å²) in [6, 6.07) is 0. The molecule has 0 aromatic carbocycles. The van der Waals surface area contributed by atoms with Crippen LogP contribution in [0.5, 0.6) is 0 Å². The summed E-state index contributed by atoms with van der Waals surface area (Å²) in [6.07, 6.45) is 3.70. The average Bonchev–Trinajstić information content (AvgIpc) is 3.20. The van der Waals surface area contributed by atoms with Crippen molar-refractivity contribution in [2.45, 2.75) is 26.7 Å².